The number of ether oxygens (including phenoxy) is 1. The third kappa shape index (κ3) is 3.51. The Bertz CT molecular complexity index is 586. The summed E-state index contributed by atoms with van der Waals surface area (Å²) in [6.07, 6.45) is 0.786. The summed E-state index contributed by atoms with van der Waals surface area (Å²) in [4.78, 5) is 0. The Morgan fingerprint density at radius 1 is 1.25 bits per heavy atom. The second kappa shape index (κ2) is 6.75. The van der Waals surface area contributed by atoms with Gasteiger partial charge in [-0.25, -0.2) is 0 Å². The minimum Gasteiger partial charge on any atom is -0.497 e. The van der Waals surface area contributed by atoms with Crippen molar-refractivity contribution in [2.45, 2.75) is 19.4 Å². The third-order valence-electron chi connectivity index (χ3n) is 3.36. The predicted octanol–water partition coefficient (Wildman–Crippen LogP) is 3.40. The van der Waals surface area contributed by atoms with E-state index in [9.17, 15) is 0 Å². The van der Waals surface area contributed by atoms with Crippen LogP contribution < -0.4 is 16.0 Å². The molecule has 0 fully saturated rings. The number of nitrogens with two attached hydrogens (primary N) is 1. The summed E-state index contributed by atoms with van der Waals surface area (Å²) >= 11 is 6.06. The van der Waals surface area contributed by atoms with Gasteiger partial charge in [-0.3, -0.25) is 11.3 Å². The van der Waals surface area contributed by atoms with Crippen LogP contribution in [-0.4, -0.2) is 7.11 Å². The fourth-order valence-electron chi connectivity index (χ4n) is 2.19. The molecule has 1 unspecified atom stereocenters. The van der Waals surface area contributed by atoms with Crippen LogP contribution in [0.2, 0.25) is 5.02 Å². The van der Waals surface area contributed by atoms with Crippen molar-refractivity contribution in [3.8, 4) is 5.75 Å². The molecule has 0 amide bonds. The van der Waals surface area contributed by atoms with E-state index in [1.54, 1.807) is 7.11 Å². The number of methoxy groups -OCH3 is 1. The summed E-state index contributed by atoms with van der Waals surface area (Å²) in [6, 6.07) is 14.0. The van der Waals surface area contributed by atoms with E-state index in [2.05, 4.69) is 17.6 Å². The molecule has 3 nitrogen and oxygen atoms in total. The Morgan fingerprint density at radius 2 is 2.05 bits per heavy atom. The predicted molar refractivity (Wildman–Crippen MR) is 83.0 cm³/mol. The van der Waals surface area contributed by atoms with Crippen LogP contribution in [0.3, 0.4) is 0 Å². The summed E-state index contributed by atoms with van der Waals surface area (Å²) in [7, 11) is 1.67. The molecular weight excluding hydrogens is 272 g/mol. The number of rotatable bonds is 5. The summed E-state index contributed by atoms with van der Waals surface area (Å²) < 4.78 is 5.24. The lowest BCUT2D eigenvalue weighted by Gasteiger charge is -2.17. The van der Waals surface area contributed by atoms with Crippen LogP contribution in [0.5, 0.6) is 5.75 Å². The van der Waals surface area contributed by atoms with Crippen molar-refractivity contribution in [2.24, 2.45) is 5.84 Å². The Morgan fingerprint density at radius 3 is 2.70 bits per heavy atom. The van der Waals surface area contributed by atoms with Crippen LogP contribution in [0.4, 0.5) is 0 Å². The smallest absolute Gasteiger partial charge is 0.119 e. The Balaban J connectivity index is 2.21. The van der Waals surface area contributed by atoms with Gasteiger partial charge in [0.05, 0.1) is 7.11 Å². The first-order chi connectivity index (χ1) is 9.63. The van der Waals surface area contributed by atoms with Gasteiger partial charge in [-0.2, -0.15) is 0 Å². The van der Waals surface area contributed by atoms with Gasteiger partial charge in [0.1, 0.15) is 5.75 Å². The van der Waals surface area contributed by atoms with Crippen LogP contribution in [0.25, 0.3) is 0 Å². The molecule has 0 aliphatic heterocycles. The zero-order chi connectivity index (χ0) is 14.5. The Hall–Kier alpha value is -1.55. The maximum atomic E-state index is 6.06. The van der Waals surface area contributed by atoms with E-state index in [0.717, 1.165) is 28.3 Å². The van der Waals surface area contributed by atoms with Crippen molar-refractivity contribution < 1.29 is 4.74 Å². The van der Waals surface area contributed by atoms with Gasteiger partial charge in [0, 0.05) is 11.1 Å². The molecule has 1 atom stereocenters. The largest absolute Gasteiger partial charge is 0.497 e. The molecule has 2 aromatic rings. The van der Waals surface area contributed by atoms with Gasteiger partial charge in [-0.15, -0.1) is 0 Å². The average molecular weight is 291 g/mol. The normalized spacial score (nSPS) is 12.2. The van der Waals surface area contributed by atoms with Gasteiger partial charge in [-0.05, 0) is 48.2 Å². The zero-order valence-electron chi connectivity index (χ0n) is 11.7. The van der Waals surface area contributed by atoms with Crippen molar-refractivity contribution in [1.82, 2.24) is 5.43 Å². The van der Waals surface area contributed by atoms with E-state index in [4.69, 9.17) is 22.2 Å². The molecule has 0 saturated carbocycles. The quantitative estimate of drug-likeness (QED) is 0.655. The topological polar surface area (TPSA) is 47.3 Å². The number of hydrogen-bond acceptors (Lipinski definition) is 3. The maximum Gasteiger partial charge on any atom is 0.119 e. The van der Waals surface area contributed by atoms with E-state index >= 15 is 0 Å². The Labute approximate surface area is 124 Å². The maximum absolute atomic E-state index is 6.06. The van der Waals surface area contributed by atoms with E-state index in [1.165, 1.54) is 5.56 Å². The van der Waals surface area contributed by atoms with Crippen molar-refractivity contribution >= 4 is 11.6 Å². The van der Waals surface area contributed by atoms with Crippen LogP contribution in [0.1, 0.15) is 22.7 Å². The number of hydrazine groups is 1. The minimum absolute atomic E-state index is 0.0399. The standard InChI is InChI=1S/C16H19ClN2O/c1-11-8-13(6-7-15(11)17)16(19-18)10-12-4-3-5-14(9-12)20-2/h3-9,16,19H,10,18H2,1-2H3. The molecule has 2 rings (SSSR count). The highest BCUT2D eigenvalue weighted by molar-refractivity contribution is 6.31. The van der Waals surface area contributed by atoms with Crippen LogP contribution in [0, 0.1) is 6.92 Å². The summed E-state index contributed by atoms with van der Waals surface area (Å²) in [5.74, 6) is 6.55. The van der Waals surface area contributed by atoms with E-state index in [-0.39, 0.29) is 6.04 Å². The first-order valence-electron chi connectivity index (χ1n) is 6.49. The number of hydrogen-bond donors (Lipinski definition) is 2. The first kappa shape index (κ1) is 14.9. The first-order valence-corrected chi connectivity index (χ1v) is 6.87. The van der Waals surface area contributed by atoms with Crippen LogP contribution in [0.15, 0.2) is 42.5 Å². The van der Waals surface area contributed by atoms with Gasteiger partial charge in [0.2, 0.25) is 0 Å². The van der Waals surface area contributed by atoms with Gasteiger partial charge in [0.15, 0.2) is 0 Å². The van der Waals surface area contributed by atoms with Crippen LogP contribution >= 0.6 is 11.6 Å². The number of halogens is 1. The highest BCUT2D eigenvalue weighted by Gasteiger charge is 2.12. The Kier molecular flexibility index (Phi) is 5.01. The SMILES string of the molecule is COc1cccc(CC(NN)c2ccc(Cl)c(C)c2)c1. The van der Waals surface area contributed by atoms with Crippen LogP contribution in [-0.2, 0) is 6.42 Å². The summed E-state index contributed by atoms with van der Waals surface area (Å²) in [5.41, 5.74) is 6.21. The number of nitrogens with one attached hydrogen (secondary N) is 1. The summed E-state index contributed by atoms with van der Waals surface area (Å²) in [5, 5.41) is 0.769. The lowest BCUT2D eigenvalue weighted by molar-refractivity contribution is 0.414. The van der Waals surface area contributed by atoms with Gasteiger partial charge in [0.25, 0.3) is 0 Å². The molecule has 0 aliphatic carbocycles. The molecule has 0 aromatic heterocycles. The minimum atomic E-state index is 0.0399. The van der Waals surface area contributed by atoms with Crippen molar-refractivity contribution in [3.63, 3.8) is 0 Å². The highest BCUT2D eigenvalue weighted by Crippen LogP contribution is 2.24. The van der Waals surface area contributed by atoms with Gasteiger partial charge in [-0.1, -0.05) is 35.9 Å². The monoisotopic (exact) mass is 290 g/mol. The molecule has 20 heavy (non-hydrogen) atoms. The van der Waals surface area contributed by atoms with E-state index in [1.807, 2.05) is 37.3 Å². The zero-order valence-corrected chi connectivity index (χ0v) is 12.4. The summed E-state index contributed by atoms with van der Waals surface area (Å²) in [6.45, 7) is 1.99. The van der Waals surface area contributed by atoms with Gasteiger partial charge >= 0.3 is 0 Å². The molecule has 2 aromatic carbocycles. The van der Waals surface area contributed by atoms with Crippen molar-refractivity contribution in [3.05, 3.63) is 64.2 Å². The molecular formula is C16H19ClN2O. The second-order valence-corrected chi connectivity index (χ2v) is 5.19. The van der Waals surface area contributed by atoms with Crippen molar-refractivity contribution in [1.29, 1.82) is 0 Å². The number of benzene rings is 2. The molecule has 0 heterocycles. The molecule has 4 heteroatoms. The van der Waals surface area contributed by atoms with E-state index < -0.39 is 0 Å². The number of aryl methyl sites for hydroxylation is 1. The fraction of sp³-hybridized carbons (Fsp3) is 0.250. The molecule has 0 spiro atoms. The molecule has 0 bridgehead atoms. The average Bonchev–Trinajstić information content (AvgIpc) is 2.48. The fourth-order valence-corrected chi connectivity index (χ4v) is 2.31. The molecule has 106 valence electrons. The molecule has 0 radical (unpaired) electrons. The van der Waals surface area contributed by atoms with E-state index in [0.29, 0.717) is 0 Å². The third-order valence-corrected chi connectivity index (χ3v) is 3.78. The molecule has 0 saturated heterocycles. The molecule has 3 N–H and O–H groups in total. The lowest BCUT2D eigenvalue weighted by Crippen LogP contribution is -2.29. The van der Waals surface area contributed by atoms with Crippen molar-refractivity contribution in [2.75, 3.05) is 7.11 Å². The lowest BCUT2D eigenvalue weighted by atomic mass is 9.98. The second-order valence-electron chi connectivity index (χ2n) is 4.78. The molecule has 0 aliphatic rings. The van der Waals surface area contributed by atoms with Gasteiger partial charge < -0.3 is 4.74 Å². The highest BCUT2D eigenvalue weighted by atomic mass is 35.5.